The fourth-order valence-corrected chi connectivity index (χ4v) is 2.50. The minimum absolute atomic E-state index is 0.0205. The molecule has 1 amide bonds. The Balaban J connectivity index is 2.71. The number of hydrogen-bond acceptors (Lipinski definition) is 4. The highest BCUT2D eigenvalue weighted by molar-refractivity contribution is 7.90. The Kier molecular flexibility index (Phi) is 5.76. The summed E-state index contributed by atoms with van der Waals surface area (Å²) in [6, 6.07) is 1.36. The number of carbonyl (C=O) groups excluding carboxylic acids is 1. The number of nitrogens with two attached hydrogens (primary N) is 1. The number of nitrogens with one attached hydrogen (secondary N) is 1. The van der Waals surface area contributed by atoms with Gasteiger partial charge in [-0.2, -0.15) is 0 Å². The molecule has 0 saturated heterocycles. The van der Waals surface area contributed by atoms with Crippen LogP contribution in [0.5, 0.6) is 0 Å². The maximum absolute atomic E-state index is 13.2. The van der Waals surface area contributed by atoms with Crippen LogP contribution in [0.1, 0.15) is 6.42 Å². The van der Waals surface area contributed by atoms with Gasteiger partial charge in [0, 0.05) is 11.9 Å². The molecule has 1 aromatic rings. The van der Waals surface area contributed by atoms with Crippen LogP contribution in [0.2, 0.25) is 10.0 Å². The van der Waals surface area contributed by atoms with Gasteiger partial charge in [-0.1, -0.05) is 23.2 Å². The summed E-state index contributed by atoms with van der Waals surface area (Å²) in [4.78, 5) is 11.7. The van der Waals surface area contributed by atoms with Gasteiger partial charge >= 0.3 is 0 Å². The lowest BCUT2D eigenvalue weighted by atomic mass is 10.2. The normalized spacial score (nSPS) is 13.1. The first kappa shape index (κ1) is 17.2. The van der Waals surface area contributed by atoms with E-state index in [1.807, 2.05) is 0 Å². The molecule has 0 radical (unpaired) electrons. The first-order valence-electron chi connectivity index (χ1n) is 5.49. The Labute approximate surface area is 126 Å². The molecule has 0 spiro atoms. The van der Waals surface area contributed by atoms with Gasteiger partial charge in [-0.25, -0.2) is 12.8 Å². The molecule has 0 aliphatic heterocycles. The van der Waals surface area contributed by atoms with E-state index in [1.165, 1.54) is 12.1 Å². The Hall–Kier alpha value is -0.890. The second-order valence-corrected chi connectivity index (χ2v) is 7.34. The second kappa shape index (κ2) is 6.71. The van der Waals surface area contributed by atoms with Crippen molar-refractivity contribution in [2.45, 2.75) is 12.5 Å². The zero-order valence-corrected chi connectivity index (χ0v) is 12.8. The number of anilines is 1. The number of carbonyl (C=O) groups is 1. The minimum Gasteiger partial charge on any atom is -0.325 e. The third kappa shape index (κ3) is 5.24. The Bertz CT molecular complexity index is 599. The van der Waals surface area contributed by atoms with Crippen LogP contribution in [0, 0.1) is 5.82 Å². The molecule has 112 valence electrons. The maximum Gasteiger partial charge on any atom is 0.241 e. The van der Waals surface area contributed by atoms with Gasteiger partial charge in [0.15, 0.2) is 5.82 Å². The zero-order valence-electron chi connectivity index (χ0n) is 10.5. The molecule has 0 bridgehead atoms. The van der Waals surface area contributed by atoms with Crippen LogP contribution in [0.4, 0.5) is 10.1 Å². The van der Waals surface area contributed by atoms with Gasteiger partial charge in [-0.15, -0.1) is 0 Å². The van der Waals surface area contributed by atoms with E-state index < -0.39 is 27.6 Å². The van der Waals surface area contributed by atoms with Crippen LogP contribution in [-0.2, 0) is 14.6 Å². The predicted octanol–water partition coefficient (Wildman–Crippen LogP) is 1.83. The predicted molar refractivity (Wildman–Crippen MR) is 77.4 cm³/mol. The lowest BCUT2D eigenvalue weighted by molar-refractivity contribution is -0.117. The summed E-state index contributed by atoms with van der Waals surface area (Å²) in [6.07, 6.45) is 1.03. The molecule has 0 saturated carbocycles. The number of sulfone groups is 1. The lowest BCUT2D eigenvalue weighted by Gasteiger charge is -2.12. The van der Waals surface area contributed by atoms with E-state index in [-0.39, 0.29) is 27.9 Å². The van der Waals surface area contributed by atoms with Crippen LogP contribution >= 0.6 is 23.2 Å². The molecular weight excluding hydrogens is 330 g/mol. The highest BCUT2D eigenvalue weighted by Gasteiger charge is 2.17. The molecule has 1 unspecified atom stereocenters. The van der Waals surface area contributed by atoms with Crippen molar-refractivity contribution in [3.05, 3.63) is 28.0 Å². The summed E-state index contributed by atoms with van der Waals surface area (Å²) in [6.45, 7) is 0. The van der Waals surface area contributed by atoms with Crippen molar-refractivity contribution in [1.29, 1.82) is 0 Å². The van der Waals surface area contributed by atoms with Crippen molar-refractivity contribution in [2.24, 2.45) is 5.73 Å². The Morgan fingerprint density at radius 3 is 2.35 bits per heavy atom. The van der Waals surface area contributed by atoms with Gasteiger partial charge in [0.05, 0.1) is 21.8 Å². The summed E-state index contributed by atoms with van der Waals surface area (Å²) in [5.41, 5.74) is 5.74. The molecule has 3 N–H and O–H groups in total. The smallest absolute Gasteiger partial charge is 0.241 e. The quantitative estimate of drug-likeness (QED) is 0.799. The van der Waals surface area contributed by atoms with Gasteiger partial charge in [0.1, 0.15) is 9.84 Å². The molecule has 1 rings (SSSR count). The Morgan fingerprint density at radius 1 is 1.40 bits per heavy atom. The van der Waals surface area contributed by atoms with Crippen molar-refractivity contribution in [2.75, 3.05) is 17.3 Å². The van der Waals surface area contributed by atoms with Crippen LogP contribution in [0.25, 0.3) is 0 Å². The second-order valence-electron chi connectivity index (χ2n) is 4.27. The molecule has 9 heteroatoms. The molecule has 1 atom stereocenters. The van der Waals surface area contributed by atoms with Crippen LogP contribution in [0.15, 0.2) is 12.1 Å². The molecule has 20 heavy (non-hydrogen) atoms. The van der Waals surface area contributed by atoms with Crippen molar-refractivity contribution in [3.63, 3.8) is 0 Å². The number of amides is 1. The van der Waals surface area contributed by atoms with Gasteiger partial charge in [-0.3, -0.25) is 4.79 Å². The summed E-state index contributed by atoms with van der Waals surface area (Å²) in [7, 11) is -3.20. The highest BCUT2D eigenvalue weighted by Crippen LogP contribution is 2.27. The monoisotopic (exact) mass is 342 g/mol. The highest BCUT2D eigenvalue weighted by atomic mass is 35.5. The average molecular weight is 343 g/mol. The molecular formula is C11H13Cl2FN2O3S. The third-order valence-corrected chi connectivity index (χ3v) is 3.92. The maximum atomic E-state index is 13.2. The first-order valence-corrected chi connectivity index (χ1v) is 8.30. The van der Waals surface area contributed by atoms with Gasteiger partial charge in [0.2, 0.25) is 5.91 Å². The number of rotatable bonds is 5. The molecule has 0 fully saturated rings. The van der Waals surface area contributed by atoms with E-state index >= 15 is 0 Å². The van der Waals surface area contributed by atoms with Gasteiger partial charge in [0.25, 0.3) is 0 Å². The molecule has 5 nitrogen and oxygen atoms in total. The van der Waals surface area contributed by atoms with Crippen molar-refractivity contribution >= 4 is 44.6 Å². The van der Waals surface area contributed by atoms with Gasteiger partial charge < -0.3 is 11.1 Å². The van der Waals surface area contributed by atoms with Crippen molar-refractivity contribution in [3.8, 4) is 0 Å². The fraction of sp³-hybridized carbons (Fsp3) is 0.364. The average Bonchev–Trinajstić information content (AvgIpc) is 2.31. The molecule has 1 aromatic carbocycles. The van der Waals surface area contributed by atoms with Crippen LogP contribution in [0.3, 0.4) is 0 Å². The number of halogens is 3. The van der Waals surface area contributed by atoms with E-state index in [0.717, 1.165) is 6.26 Å². The molecule has 0 heterocycles. The summed E-state index contributed by atoms with van der Waals surface area (Å²) in [5.74, 6) is -1.59. The fourth-order valence-electron chi connectivity index (χ4n) is 1.33. The minimum atomic E-state index is -3.20. The van der Waals surface area contributed by atoms with E-state index in [9.17, 15) is 17.6 Å². The summed E-state index contributed by atoms with van der Waals surface area (Å²) < 4.78 is 35.1. The standard InChI is InChI=1S/C11H13Cl2FN2O3S/c1-20(18,19)3-2-9(15)11(17)16-6-4-7(12)10(14)8(13)5-6/h4-5,9H,2-3,15H2,1H3,(H,16,17). The van der Waals surface area contributed by atoms with Gasteiger partial charge in [-0.05, 0) is 18.6 Å². The van der Waals surface area contributed by atoms with Crippen LogP contribution < -0.4 is 11.1 Å². The number of benzene rings is 1. The zero-order chi connectivity index (χ0) is 15.5. The molecule has 0 aromatic heterocycles. The van der Waals surface area contributed by atoms with E-state index in [0.29, 0.717) is 0 Å². The van der Waals surface area contributed by atoms with Crippen LogP contribution in [-0.4, -0.2) is 32.4 Å². The molecule has 0 aliphatic carbocycles. The van der Waals surface area contributed by atoms with E-state index in [4.69, 9.17) is 28.9 Å². The van der Waals surface area contributed by atoms with E-state index in [2.05, 4.69) is 5.32 Å². The summed E-state index contributed by atoms with van der Waals surface area (Å²) >= 11 is 11.2. The third-order valence-electron chi connectivity index (χ3n) is 2.39. The number of hydrogen-bond donors (Lipinski definition) is 2. The Morgan fingerprint density at radius 2 is 1.90 bits per heavy atom. The SMILES string of the molecule is CS(=O)(=O)CCC(N)C(=O)Nc1cc(Cl)c(F)c(Cl)c1. The summed E-state index contributed by atoms with van der Waals surface area (Å²) in [5, 5.41) is 1.92. The molecule has 0 aliphatic rings. The van der Waals surface area contributed by atoms with E-state index in [1.54, 1.807) is 0 Å². The largest absolute Gasteiger partial charge is 0.325 e. The van der Waals surface area contributed by atoms with Crippen molar-refractivity contribution < 1.29 is 17.6 Å². The van der Waals surface area contributed by atoms with Crippen molar-refractivity contribution in [1.82, 2.24) is 0 Å². The lowest BCUT2D eigenvalue weighted by Crippen LogP contribution is -2.37. The topological polar surface area (TPSA) is 89.3 Å². The first-order chi connectivity index (χ1) is 9.10.